The summed E-state index contributed by atoms with van der Waals surface area (Å²) in [5.41, 5.74) is 13.8. The second-order valence-electron chi connectivity index (χ2n) is 20.1. The molecule has 0 atom stereocenters. The van der Waals surface area contributed by atoms with E-state index in [1.165, 1.54) is 99.5 Å². The number of thiophene rings is 2. The van der Waals surface area contributed by atoms with E-state index in [1.54, 1.807) is 11.3 Å². The first-order valence-corrected chi connectivity index (χ1v) is 25.6. The average Bonchev–Trinajstić information content (AvgIpc) is 3.93. The molecule has 0 aliphatic carbocycles. The van der Waals surface area contributed by atoms with Crippen molar-refractivity contribution in [1.82, 2.24) is 9.97 Å². The number of carbonyl (C=O) groups excluding carboxylic acids is 2. The second-order valence-corrected chi connectivity index (χ2v) is 22.2. The summed E-state index contributed by atoms with van der Waals surface area (Å²) in [4.78, 5) is 32.0. The number of hydrogen-bond acceptors (Lipinski definition) is 8. The van der Waals surface area contributed by atoms with Gasteiger partial charge < -0.3 is 20.2 Å². The van der Waals surface area contributed by atoms with E-state index in [1.807, 2.05) is 35.9 Å². The van der Waals surface area contributed by atoms with Crippen LogP contribution in [0.3, 0.4) is 0 Å². The molecule has 0 amide bonds. The molecule has 4 aromatic heterocycles. The maximum absolute atomic E-state index is 13.2. The van der Waals surface area contributed by atoms with Crippen LogP contribution in [0.2, 0.25) is 0 Å². The zero-order chi connectivity index (χ0) is 53.2. The van der Waals surface area contributed by atoms with Crippen molar-refractivity contribution in [3.05, 3.63) is 204 Å². The maximum Gasteiger partial charge on any atom is 0.155 e. The molecule has 75 heavy (non-hydrogen) atoms. The smallest absolute Gasteiger partial charge is 0.155 e. The Morgan fingerprint density at radius 1 is 0.560 bits per heavy atom. The van der Waals surface area contributed by atoms with Gasteiger partial charge in [-0.15, -0.1) is 92.5 Å². The minimum Gasteiger partial charge on any atom is -0.512 e. The van der Waals surface area contributed by atoms with Crippen LogP contribution in [0.1, 0.15) is 91.5 Å². The van der Waals surface area contributed by atoms with Gasteiger partial charge in [-0.3, -0.25) is 9.59 Å². The fourth-order valence-electron chi connectivity index (χ4n) is 7.82. The first-order chi connectivity index (χ1) is 34.4. The summed E-state index contributed by atoms with van der Waals surface area (Å²) in [5.74, 6) is -0.339. The Bertz CT molecular complexity index is 3410. The first kappa shape index (κ1) is 61.5. The third-order valence-corrected chi connectivity index (χ3v) is 13.7. The Morgan fingerprint density at radius 3 is 1.45 bits per heavy atom. The zero-order valence-electron chi connectivity index (χ0n) is 44.4. The number of hydrogen-bond donors (Lipinski definition) is 2. The van der Waals surface area contributed by atoms with Crippen molar-refractivity contribution in [3.8, 4) is 54.5 Å². The van der Waals surface area contributed by atoms with E-state index in [-0.39, 0.29) is 79.9 Å². The third-order valence-electron chi connectivity index (χ3n) is 11.3. The van der Waals surface area contributed by atoms with Crippen LogP contribution in [-0.2, 0) is 60.6 Å². The first-order valence-electron chi connectivity index (χ1n) is 24.0. The van der Waals surface area contributed by atoms with Gasteiger partial charge in [0.2, 0.25) is 0 Å². The average molecular weight is 1390 g/mol. The van der Waals surface area contributed by atoms with Gasteiger partial charge in [0, 0.05) is 100 Å². The van der Waals surface area contributed by atoms with E-state index in [2.05, 4.69) is 176 Å². The molecule has 0 aliphatic rings. The van der Waals surface area contributed by atoms with E-state index in [9.17, 15) is 14.0 Å². The molecule has 0 saturated carbocycles. The summed E-state index contributed by atoms with van der Waals surface area (Å²) in [6.45, 7) is 23.3. The number of aliphatic hydroxyl groups excluding tert-OH is 2. The quantitative estimate of drug-likeness (QED) is 0.0937. The summed E-state index contributed by atoms with van der Waals surface area (Å²) in [5, 5.41) is 19.0. The van der Waals surface area contributed by atoms with Gasteiger partial charge in [0.15, 0.2) is 11.6 Å². The van der Waals surface area contributed by atoms with E-state index in [4.69, 9.17) is 15.2 Å². The van der Waals surface area contributed by atoms with Gasteiger partial charge in [-0.25, -0.2) is 4.39 Å². The zero-order valence-corrected chi connectivity index (χ0v) is 50.8. The van der Waals surface area contributed by atoms with Gasteiger partial charge in [0.05, 0.1) is 11.5 Å². The van der Waals surface area contributed by atoms with Crippen LogP contribution >= 0.6 is 22.7 Å². The summed E-state index contributed by atoms with van der Waals surface area (Å²) in [6, 6.07) is 50.2. The predicted molar refractivity (Wildman–Crippen MR) is 305 cm³/mol. The summed E-state index contributed by atoms with van der Waals surface area (Å²) < 4.78 is 15.6. The molecule has 0 unspecified atom stereocenters. The predicted octanol–water partition coefficient (Wildman–Crippen LogP) is 17.9. The SMILES string of the molecule is CC(=O)C=C(C)O.CC(=O)C=C(C)O.Cc1[c-]c(-c2cc3sc(-c4ccc(F)cc4)cc3cn2)cc(C(C)(C)C)c1.Cc1[c-]c(-c2cc3sc(-c4ccccc4)c(-c4ccccc4)c3cn2)cc(C(C)(C)C)c1.[Ir].[Ir]. The van der Waals surface area contributed by atoms with Crippen molar-refractivity contribution in [1.29, 1.82) is 0 Å². The molecule has 11 heteroatoms. The molecule has 0 aliphatic heterocycles. The third kappa shape index (κ3) is 17.5. The molecule has 2 radical (unpaired) electrons. The van der Waals surface area contributed by atoms with Gasteiger partial charge in [0.1, 0.15) is 5.82 Å². The molecule has 4 heterocycles. The molecule has 2 N–H and O–H groups in total. The molecule has 392 valence electrons. The van der Waals surface area contributed by atoms with Gasteiger partial charge >= 0.3 is 0 Å². The molecule has 0 saturated heterocycles. The monoisotopic (exact) mass is 1390 g/mol. The molecule has 9 aromatic rings. The van der Waals surface area contributed by atoms with Crippen LogP contribution < -0.4 is 0 Å². The van der Waals surface area contributed by atoms with E-state index in [0.29, 0.717) is 0 Å². The van der Waals surface area contributed by atoms with Crippen molar-refractivity contribution in [2.75, 3.05) is 0 Å². The number of aliphatic hydroxyl groups is 2. The number of nitrogens with zero attached hydrogens (tertiary/aromatic N) is 2. The Kier molecular flexibility index (Phi) is 22.3. The molecular formula is C64H63FIr2N2O4S2-2. The number of benzene rings is 5. The topological polar surface area (TPSA) is 100 Å². The van der Waals surface area contributed by atoms with Crippen LogP contribution in [-0.4, -0.2) is 31.7 Å². The number of allylic oxidation sites excluding steroid dienone is 4. The number of pyridine rings is 2. The molecule has 0 spiro atoms. The molecular weight excluding hydrogens is 1330 g/mol. The summed E-state index contributed by atoms with van der Waals surface area (Å²) >= 11 is 3.54. The van der Waals surface area contributed by atoms with Crippen LogP contribution in [0.15, 0.2) is 163 Å². The van der Waals surface area contributed by atoms with E-state index < -0.39 is 0 Å². The number of fused-ring (bicyclic) bond motifs is 2. The molecule has 0 bridgehead atoms. The number of aromatic nitrogens is 2. The van der Waals surface area contributed by atoms with Crippen LogP contribution in [0.25, 0.3) is 74.7 Å². The Morgan fingerprint density at radius 2 is 1.01 bits per heavy atom. The minimum atomic E-state index is -0.214. The molecule has 0 fully saturated rings. The number of halogens is 1. The summed E-state index contributed by atoms with van der Waals surface area (Å²) in [7, 11) is 0. The van der Waals surface area contributed by atoms with Gasteiger partial charge in [0.25, 0.3) is 0 Å². The number of rotatable bonds is 7. The van der Waals surface area contributed by atoms with Crippen molar-refractivity contribution < 1.29 is 64.4 Å². The van der Waals surface area contributed by atoms with Gasteiger partial charge in [-0.2, -0.15) is 0 Å². The minimum absolute atomic E-state index is 0. The van der Waals surface area contributed by atoms with Crippen molar-refractivity contribution in [2.24, 2.45) is 0 Å². The fourth-order valence-corrected chi connectivity index (χ4v) is 10.1. The number of aryl methyl sites for hydroxylation is 2. The number of ketones is 2. The van der Waals surface area contributed by atoms with Crippen molar-refractivity contribution >= 4 is 54.4 Å². The molecule has 5 aromatic carbocycles. The number of carbonyl (C=O) groups is 2. The standard InChI is InChI=1S/C30H26NS.C24H21FNS.2C5H8O2.2Ir/c1-20-15-23(17-24(16-20)30(2,3)4)26-18-27-25(19-31-26)28(21-11-7-5-8-12-21)29(32-27)22-13-9-6-10-14-22;1-15-9-17(11-19(10-15)24(2,3)4)21-13-23-18(14-26-21)12-22(27-23)16-5-7-20(25)8-6-16;2*1-4(6)3-5(2)7;;/h5-14,16-19H,1-4H3;5-8,10-14H,1-4H3;2*3,6H,1-2H3;;/q2*-1;;;;. The summed E-state index contributed by atoms with van der Waals surface area (Å²) in [6.07, 6.45) is 6.30. The van der Waals surface area contributed by atoms with Crippen LogP contribution in [0, 0.1) is 31.8 Å². The Labute approximate surface area is 477 Å². The van der Waals surface area contributed by atoms with Gasteiger partial charge in [-0.1, -0.05) is 140 Å². The van der Waals surface area contributed by atoms with Crippen molar-refractivity contribution in [2.45, 2.75) is 93.9 Å². The fraction of sp³-hybridized carbons (Fsp3) is 0.219. The second kappa shape index (κ2) is 27.1. The van der Waals surface area contributed by atoms with Crippen molar-refractivity contribution in [3.63, 3.8) is 0 Å². The Balaban J connectivity index is 0.000000256. The van der Waals surface area contributed by atoms with Crippen LogP contribution in [0.5, 0.6) is 0 Å². The normalized spacial score (nSPS) is 11.4. The molecule has 9 rings (SSSR count). The van der Waals surface area contributed by atoms with E-state index >= 15 is 0 Å². The molecule has 6 nitrogen and oxygen atoms in total. The van der Waals surface area contributed by atoms with E-state index in [0.717, 1.165) is 49.5 Å². The largest absolute Gasteiger partial charge is 0.512 e. The van der Waals surface area contributed by atoms with Crippen LogP contribution in [0.4, 0.5) is 4.39 Å². The van der Waals surface area contributed by atoms with Gasteiger partial charge in [-0.05, 0) is 84.8 Å². The maximum atomic E-state index is 13.2. The Hall–Kier alpha value is -6.03.